The van der Waals surface area contributed by atoms with Gasteiger partial charge >= 0.3 is 0 Å². The average molecular weight is 248 g/mol. The molecule has 18 heavy (non-hydrogen) atoms. The highest BCUT2D eigenvalue weighted by Gasteiger charge is 2.17. The lowest BCUT2D eigenvalue weighted by molar-refractivity contribution is -0.118. The smallest absolute Gasteiger partial charge is 0.241 e. The lowest BCUT2D eigenvalue weighted by Crippen LogP contribution is -2.39. The minimum Gasteiger partial charge on any atom is -0.325 e. The first-order valence-corrected chi connectivity index (χ1v) is 6.62. The summed E-state index contributed by atoms with van der Waals surface area (Å²) in [6.45, 7) is 8.25. The Bertz CT molecular complexity index is 384. The molecule has 3 heteroatoms. The number of carbonyl (C=O) groups is 1. The highest BCUT2D eigenvalue weighted by molar-refractivity contribution is 5.94. The molecule has 1 rings (SSSR count). The predicted octanol–water partition coefficient (Wildman–Crippen LogP) is 3.12. The standard InChI is InChI=1S/C15H24N2O/c1-5-11(4)12-6-8-13(9-7-12)17-15(18)14(16)10(2)3/h6-11,14H,5,16H2,1-4H3,(H,17,18)/t11?,14-/m1/s1. The third-order valence-electron chi connectivity index (χ3n) is 3.38. The van der Waals surface area contributed by atoms with Crippen LogP contribution in [0.5, 0.6) is 0 Å². The van der Waals surface area contributed by atoms with Crippen LogP contribution in [-0.2, 0) is 4.79 Å². The van der Waals surface area contributed by atoms with E-state index in [2.05, 4.69) is 31.3 Å². The largest absolute Gasteiger partial charge is 0.325 e. The third kappa shape index (κ3) is 3.84. The number of anilines is 1. The van der Waals surface area contributed by atoms with Crippen molar-refractivity contribution in [2.24, 2.45) is 11.7 Å². The van der Waals surface area contributed by atoms with Gasteiger partial charge in [0.2, 0.25) is 5.91 Å². The van der Waals surface area contributed by atoms with Crippen molar-refractivity contribution in [3.05, 3.63) is 29.8 Å². The zero-order valence-electron chi connectivity index (χ0n) is 11.7. The Kier molecular flexibility index (Phi) is 5.35. The molecule has 1 amide bonds. The summed E-state index contributed by atoms with van der Waals surface area (Å²) in [7, 11) is 0. The Morgan fingerprint density at radius 3 is 2.22 bits per heavy atom. The highest BCUT2D eigenvalue weighted by Crippen LogP contribution is 2.20. The van der Waals surface area contributed by atoms with Gasteiger partial charge in [0.15, 0.2) is 0 Å². The summed E-state index contributed by atoms with van der Waals surface area (Å²) in [6.07, 6.45) is 1.12. The summed E-state index contributed by atoms with van der Waals surface area (Å²) < 4.78 is 0. The molecule has 3 N–H and O–H groups in total. The van der Waals surface area contributed by atoms with Crippen LogP contribution >= 0.6 is 0 Å². The highest BCUT2D eigenvalue weighted by atomic mass is 16.2. The fraction of sp³-hybridized carbons (Fsp3) is 0.533. The Morgan fingerprint density at radius 2 is 1.78 bits per heavy atom. The zero-order chi connectivity index (χ0) is 13.7. The first-order valence-electron chi connectivity index (χ1n) is 6.62. The van der Waals surface area contributed by atoms with Crippen molar-refractivity contribution >= 4 is 11.6 Å². The summed E-state index contributed by atoms with van der Waals surface area (Å²) in [5, 5.41) is 2.84. The van der Waals surface area contributed by atoms with Crippen LogP contribution < -0.4 is 11.1 Å². The lowest BCUT2D eigenvalue weighted by atomic mass is 9.98. The van der Waals surface area contributed by atoms with Crippen molar-refractivity contribution in [1.82, 2.24) is 0 Å². The molecule has 0 aliphatic carbocycles. The first-order chi connectivity index (χ1) is 8.45. The van der Waals surface area contributed by atoms with Crippen molar-refractivity contribution in [3.8, 4) is 0 Å². The second kappa shape index (κ2) is 6.55. The van der Waals surface area contributed by atoms with E-state index < -0.39 is 6.04 Å². The normalized spacial score (nSPS) is 14.3. The molecule has 0 bridgehead atoms. The van der Waals surface area contributed by atoms with Gasteiger partial charge in [0.25, 0.3) is 0 Å². The van der Waals surface area contributed by atoms with Gasteiger partial charge in [-0.15, -0.1) is 0 Å². The second-order valence-electron chi connectivity index (χ2n) is 5.19. The molecule has 0 saturated heterocycles. The molecule has 0 aliphatic rings. The SMILES string of the molecule is CCC(C)c1ccc(NC(=O)[C@H](N)C(C)C)cc1. The van der Waals surface area contributed by atoms with E-state index in [1.807, 2.05) is 26.0 Å². The van der Waals surface area contributed by atoms with E-state index in [0.717, 1.165) is 12.1 Å². The average Bonchev–Trinajstić information content (AvgIpc) is 2.37. The zero-order valence-corrected chi connectivity index (χ0v) is 11.7. The summed E-state index contributed by atoms with van der Waals surface area (Å²) in [5.74, 6) is 0.568. The van der Waals surface area contributed by atoms with Crippen LogP contribution in [0, 0.1) is 5.92 Å². The maximum atomic E-state index is 11.8. The molecule has 3 nitrogen and oxygen atoms in total. The van der Waals surface area contributed by atoms with E-state index in [1.165, 1.54) is 5.56 Å². The summed E-state index contributed by atoms with van der Waals surface area (Å²) in [6, 6.07) is 7.54. The quantitative estimate of drug-likeness (QED) is 0.841. The van der Waals surface area contributed by atoms with E-state index >= 15 is 0 Å². The van der Waals surface area contributed by atoms with Gasteiger partial charge in [0.05, 0.1) is 6.04 Å². The van der Waals surface area contributed by atoms with Gasteiger partial charge < -0.3 is 11.1 Å². The van der Waals surface area contributed by atoms with Gasteiger partial charge in [-0.2, -0.15) is 0 Å². The first kappa shape index (κ1) is 14.7. The summed E-state index contributed by atoms with van der Waals surface area (Å²) in [5.41, 5.74) is 7.90. The van der Waals surface area contributed by atoms with Gasteiger partial charge in [-0.1, -0.05) is 39.8 Å². The molecular formula is C15H24N2O. The molecule has 0 spiro atoms. The Balaban J connectivity index is 2.67. The van der Waals surface area contributed by atoms with Crippen LogP contribution in [0.15, 0.2) is 24.3 Å². The van der Waals surface area contributed by atoms with Crippen LogP contribution in [0.1, 0.15) is 45.6 Å². The number of benzene rings is 1. The Labute approximate surface area is 110 Å². The summed E-state index contributed by atoms with van der Waals surface area (Å²) >= 11 is 0. The molecule has 1 aromatic carbocycles. The molecule has 0 aromatic heterocycles. The van der Waals surface area contributed by atoms with Gasteiger partial charge in [-0.3, -0.25) is 4.79 Å². The van der Waals surface area contributed by atoms with Crippen molar-refractivity contribution < 1.29 is 4.79 Å². The molecule has 1 aromatic rings. The Morgan fingerprint density at radius 1 is 1.22 bits per heavy atom. The van der Waals surface area contributed by atoms with Crippen LogP contribution in [0.25, 0.3) is 0 Å². The monoisotopic (exact) mass is 248 g/mol. The van der Waals surface area contributed by atoms with Crippen LogP contribution in [0.2, 0.25) is 0 Å². The van der Waals surface area contributed by atoms with Crippen LogP contribution in [0.4, 0.5) is 5.69 Å². The van der Waals surface area contributed by atoms with Gasteiger partial charge in [0, 0.05) is 5.69 Å². The van der Waals surface area contributed by atoms with Crippen molar-refractivity contribution in [1.29, 1.82) is 0 Å². The molecule has 0 fully saturated rings. The van der Waals surface area contributed by atoms with E-state index in [4.69, 9.17) is 5.73 Å². The van der Waals surface area contributed by atoms with E-state index in [9.17, 15) is 4.79 Å². The summed E-state index contributed by atoms with van der Waals surface area (Å²) in [4.78, 5) is 11.8. The molecule has 1 unspecified atom stereocenters. The lowest BCUT2D eigenvalue weighted by Gasteiger charge is -2.16. The van der Waals surface area contributed by atoms with E-state index in [0.29, 0.717) is 5.92 Å². The topological polar surface area (TPSA) is 55.1 Å². The maximum Gasteiger partial charge on any atom is 0.241 e. The molecule has 0 aliphatic heterocycles. The minimum atomic E-state index is -0.459. The maximum absolute atomic E-state index is 11.8. The van der Waals surface area contributed by atoms with Crippen molar-refractivity contribution in [3.63, 3.8) is 0 Å². The predicted molar refractivity (Wildman–Crippen MR) is 76.6 cm³/mol. The molecule has 0 heterocycles. The fourth-order valence-corrected chi connectivity index (χ4v) is 1.66. The van der Waals surface area contributed by atoms with E-state index in [1.54, 1.807) is 0 Å². The number of nitrogens with one attached hydrogen (secondary N) is 1. The van der Waals surface area contributed by atoms with Gasteiger partial charge in [-0.05, 0) is 36.0 Å². The number of amides is 1. The molecule has 0 radical (unpaired) electrons. The molecule has 2 atom stereocenters. The number of carbonyl (C=O) groups excluding carboxylic acids is 1. The number of hydrogen-bond acceptors (Lipinski definition) is 2. The number of nitrogens with two attached hydrogens (primary N) is 1. The molecule has 100 valence electrons. The van der Waals surface area contributed by atoms with Crippen molar-refractivity contribution in [2.45, 2.75) is 46.1 Å². The third-order valence-corrected chi connectivity index (χ3v) is 3.38. The Hall–Kier alpha value is -1.35. The van der Waals surface area contributed by atoms with Gasteiger partial charge in [0.1, 0.15) is 0 Å². The van der Waals surface area contributed by atoms with Crippen LogP contribution in [0.3, 0.4) is 0 Å². The second-order valence-corrected chi connectivity index (χ2v) is 5.19. The van der Waals surface area contributed by atoms with Gasteiger partial charge in [-0.25, -0.2) is 0 Å². The van der Waals surface area contributed by atoms with E-state index in [-0.39, 0.29) is 11.8 Å². The molecular weight excluding hydrogens is 224 g/mol. The molecule has 0 saturated carbocycles. The minimum absolute atomic E-state index is 0.124. The van der Waals surface area contributed by atoms with Crippen LogP contribution in [-0.4, -0.2) is 11.9 Å². The number of hydrogen-bond donors (Lipinski definition) is 2. The van der Waals surface area contributed by atoms with Crippen molar-refractivity contribution in [2.75, 3.05) is 5.32 Å². The number of rotatable bonds is 5. The fourth-order valence-electron chi connectivity index (χ4n) is 1.66.